The first-order valence-electron chi connectivity index (χ1n) is 11.7. The van der Waals surface area contributed by atoms with Crippen molar-refractivity contribution in [1.29, 1.82) is 0 Å². The number of para-hydroxylation sites is 1. The number of ketones is 1. The predicted octanol–water partition coefficient (Wildman–Crippen LogP) is 4.83. The number of rotatable bonds is 5. The maximum atomic E-state index is 13.1. The van der Waals surface area contributed by atoms with Crippen LogP contribution in [0.5, 0.6) is 0 Å². The minimum atomic E-state index is -1.02. The van der Waals surface area contributed by atoms with Crippen LogP contribution in [0.2, 0.25) is 0 Å². The maximum Gasteiger partial charge on any atom is 0.338 e. The van der Waals surface area contributed by atoms with Crippen molar-refractivity contribution in [2.24, 2.45) is 0 Å². The number of hydrogen-bond donors (Lipinski definition) is 1. The zero-order valence-corrected chi connectivity index (χ0v) is 19.2. The molecule has 2 aromatic carbocycles. The highest BCUT2D eigenvalue weighted by atomic mass is 16.5. The van der Waals surface area contributed by atoms with Crippen molar-refractivity contribution in [2.75, 3.05) is 0 Å². The smallest absolute Gasteiger partial charge is 0.338 e. The van der Waals surface area contributed by atoms with Crippen LogP contribution in [0.1, 0.15) is 86.2 Å². The Hall–Kier alpha value is -3.74. The molecule has 1 aromatic heterocycles. The van der Waals surface area contributed by atoms with Gasteiger partial charge in [0.15, 0.2) is 6.10 Å². The number of carbonyl (C=O) groups is 4. The Bertz CT molecular complexity index is 1330. The molecular weight excluding hydrogens is 432 g/mol. The summed E-state index contributed by atoms with van der Waals surface area (Å²) in [6, 6.07) is 11.8. The van der Waals surface area contributed by atoms with Gasteiger partial charge in [0, 0.05) is 28.2 Å². The monoisotopic (exact) mass is 458 g/mol. The van der Waals surface area contributed by atoms with Crippen LogP contribution in [0.4, 0.5) is 0 Å². The van der Waals surface area contributed by atoms with Crippen LogP contribution >= 0.6 is 0 Å². The molecule has 1 atom stereocenters. The zero-order valence-electron chi connectivity index (χ0n) is 19.2. The van der Waals surface area contributed by atoms with Gasteiger partial charge in [-0.2, -0.15) is 0 Å². The van der Waals surface area contributed by atoms with Gasteiger partial charge in [-0.25, -0.2) is 4.79 Å². The summed E-state index contributed by atoms with van der Waals surface area (Å²) in [6.45, 7) is 3.34. The molecule has 0 bridgehead atoms. The third-order valence-electron chi connectivity index (χ3n) is 6.89. The number of aromatic amines is 1. The molecule has 1 saturated carbocycles. The van der Waals surface area contributed by atoms with Gasteiger partial charge in [-0.15, -0.1) is 0 Å². The van der Waals surface area contributed by atoms with Gasteiger partial charge in [0.25, 0.3) is 11.8 Å². The van der Waals surface area contributed by atoms with Gasteiger partial charge in [-0.05, 0) is 51.0 Å². The second-order valence-corrected chi connectivity index (χ2v) is 9.11. The van der Waals surface area contributed by atoms with Crippen molar-refractivity contribution in [1.82, 2.24) is 9.88 Å². The second-order valence-electron chi connectivity index (χ2n) is 9.11. The van der Waals surface area contributed by atoms with Gasteiger partial charge in [0.2, 0.25) is 5.78 Å². The van der Waals surface area contributed by atoms with Crippen molar-refractivity contribution in [3.05, 3.63) is 70.4 Å². The van der Waals surface area contributed by atoms with Crippen LogP contribution in [0.25, 0.3) is 10.9 Å². The van der Waals surface area contributed by atoms with Crippen molar-refractivity contribution in [2.45, 2.75) is 58.1 Å². The average Bonchev–Trinajstić information content (AvgIpc) is 3.31. The lowest BCUT2D eigenvalue weighted by Crippen LogP contribution is -2.40. The van der Waals surface area contributed by atoms with Crippen LogP contribution in [0.3, 0.4) is 0 Å². The number of aromatic nitrogens is 1. The Morgan fingerprint density at radius 2 is 1.71 bits per heavy atom. The highest BCUT2D eigenvalue weighted by Gasteiger charge is 2.40. The first-order valence-corrected chi connectivity index (χ1v) is 11.7. The molecule has 1 N–H and O–H groups in total. The molecule has 2 amide bonds. The number of esters is 1. The quantitative estimate of drug-likeness (QED) is 0.335. The number of fused-ring (bicyclic) bond motifs is 2. The summed E-state index contributed by atoms with van der Waals surface area (Å²) in [5.74, 6) is -1.68. The fourth-order valence-electron chi connectivity index (χ4n) is 5.14. The lowest BCUT2D eigenvalue weighted by molar-refractivity contribution is 0.0319. The number of Topliss-reactive ketones (excluding diaryl/α,β-unsaturated/α-hetero) is 1. The summed E-state index contributed by atoms with van der Waals surface area (Å²) < 4.78 is 5.48. The number of imide groups is 1. The van der Waals surface area contributed by atoms with E-state index in [0.29, 0.717) is 16.8 Å². The van der Waals surface area contributed by atoms with Gasteiger partial charge < -0.3 is 9.72 Å². The van der Waals surface area contributed by atoms with E-state index in [2.05, 4.69) is 4.98 Å². The molecule has 3 aromatic rings. The number of nitrogens with zero attached hydrogens (tertiary/aromatic N) is 1. The van der Waals surface area contributed by atoms with E-state index < -0.39 is 12.1 Å². The molecule has 2 heterocycles. The van der Waals surface area contributed by atoms with Crippen molar-refractivity contribution in [3.63, 3.8) is 0 Å². The second kappa shape index (κ2) is 8.56. The van der Waals surface area contributed by atoms with Crippen molar-refractivity contribution < 1.29 is 23.9 Å². The average molecular weight is 459 g/mol. The van der Waals surface area contributed by atoms with Crippen LogP contribution in [-0.2, 0) is 4.74 Å². The normalized spacial score (nSPS) is 17.2. The molecule has 1 fully saturated rings. The highest BCUT2D eigenvalue weighted by Crippen LogP contribution is 2.32. The van der Waals surface area contributed by atoms with E-state index in [9.17, 15) is 19.2 Å². The van der Waals surface area contributed by atoms with Crippen LogP contribution in [0, 0.1) is 6.92 Å². The first-order chi connectivity index (χ1) is 16.4. The Morgan fingerprint density at radius 3 is 2.47 bits per heavy atom. The number of carbonyl (C=O) groups excluding carboxylic acids is 4. The van der Waals surface area contributed by atoms with Crippen LogP contribution in [-0.4, -0.2) is 45.6 Å². The number of ether oxygens (including phenoxy) is 1. The van der Waals surface area contributed by atoms with E-state index >= 15 is 0 Å². The Labute approximate surface area is 197 Å². The summed E-state index contributed by atoms with van der Waals surface area (Å²) in [4.78, 5) is 56.4. The lowest BCUT2D eigenvalue weighted by Gasteiger charge is -2.29. The predicted molar refractivity (Wildman–Crippen MR) is 126 cm³/mol. The minimum Gasteiger partial charge on any atom is -0.451 e. The summed E-state index contributed by atoms with van der Waals surface area (Å²) in [5.41, 5.74) is 2.71. The molecule has 2 aliphatic rings. The number of H-pyrrole nitrogens is 1. The van der Waals surface area contributed by atoms with E-state index in [1.165, 1.54) is 30.0 Å². The number of hydrogen-bond acceptors (Lipinski definition) is 5. The van der Waals surface area contributed by atoms with E-state index in [4.69, 9.17) is 4.74 Å². The van der Waals surface area contributed by atoms with Crippen molar-refractivity contribution in [3.8, 4) is 0 Å². The van der Waals surface area contributed by atoms with Gasteiger partial charge in [-0.3, -0.25) is 19.3 Å². The standard InChI is InChI=1S/C27H26N2O5/c1-15-23(20-10-6-7-11-22(20)28-15)24(30)16(2)34-27(33)17-12-13-19-21(14-17)26(32)29(25(19)31)18-8-4-3-5-9-18/h6-7,10-14,16,18,28H,3-5,8-9H2,1-2H3/t16-/m1/s1. The molecular formula is C27H26N2O5. The summed E-state index contributed by atoms with van der Waals surface area (Å²) in [6.07, 6.45) is 3.72. The maximum absolute atomic E-state index is 13.1. The molecule has 7 nitrogen and oxygen atoms in total. The fraction of sp³-hybridized carbons (Fsp3) is 0.333. The van der Waals surface area contributed by atoms with Crippen LogP contribution < -0.4 is 0 Å². The summed E-state index contributed by atoms with van der Waals surface area (Å²) >= 11 is 0. The molecule has 0 spiro atoms. The molecule has 5 rings (SSSR count). The third-order valence-corrected chi connectivity index (χ3v) is 6.89. The molecule has 0 saturated heterocycles. The summed E-state index contributed by atoms with van der Waals surface area (Å²) in [7, 11) is 0. The minimum absolute atomic E-state index is 0.0893. The van der Waals surface area contributed by atoms with Gasteiger partial charge in [0.1, 0.15) is 0 Å². The van der Waals surface area contributed by atoms with E-state index in [1.54, 1.807) is 0 Å². The van der Waals surface area contributed by atoms with Gasteiger partial charge in [0.05, 0.1) is 16.7 Å². The zero-order chi connectivity index (χ0) is 24.0. The van der Waals surface area contributed by atoms with E-state index in [0.717, 1.165) is 43.0 Å². The molecule has 1 aliphatic carbocycles. The first kappa shape index (κ1) is 22.1. The highest BCUT2D eigenvalue weighted by molar-refractivity contribution is 6.22. The number of amides is 2. The van der Waals surface area contributed by atoms with E-state index in [1.807, 2.05) is 31.2 Å². The lowest BCUT2D eigenvalue weighted by atomic mass is 9.94. The van der Waals surface area contributed by atoms with Crippen molar-refractivity contribution >= 4 is 34.5 Å². The van der Waals surface area contributed by atoms with Crippen LogP contribution in [0.15, 0.2) is 42.5 Å². The molecule has 174 valence electrons. The molecule has 0 radical (unpaired) electrons. The van der Waals surface area contributed by atoms with E-state index in [-0.39, 0.29) is 34.8 Å². The topological polar surface area (TPSA) is 96.5 Å². The molecule has 7 heteroatoms. The SMILES string of the molecule is Cc1[nH]c2ccccc2c1C(=O)[C@@H](C)OC(=O)c1ccc2c(c1)C(=O)N(C1CCCCC1)C2=O. The third kappa shape index (κ3) is 3.61. The number of aryl methyl sites for hydroxylation is 1. The molecule has 1 aliphatic heterocycles. The number of nitrogens with one attached hydrogen (secondary N) is 1. The number of benzene rings is 2. The summed E-state index contributed by atoms with van der Waals surface area (Å²) in [5, 5.41) is 0.775. The molecule has 0 unspecified atom stereocenters. The Morgan fingerprint density at radius 1 is 1.00 bits per heavy atom. The largest absolute Gasteiger partial charge is 0.451 e. The fourth-order valence-corrected chi connectivity index (χ4v) is 5.14. The van der Waals surface area contributed by atoms with Gasteiger partial charge >= 0.3 is 5.97 Å². The Kier molecular flexibility index (Phi) is 5.55. The Balaban J connectivity index is 1.35. The molecule has 34 heavy (non-hydrogen) atoms. The van der Waals surface area contributed by atoms with Gasteiger partial charge in [-0.1, -0.05) is 37.5 Å².